The van der Waals surface area contributed by atoms with Crippen LogP contribution in [0.1, 0.15) is 36.5 Å². The summed E-state index contributed by atoms with van der Waals surface area (Å²) in [6.45, 7) is 5.17. The lowest BCUT2D eigenvalue weighted by Gasteiger charge is -2.29. The van der Waals surface area contributed by atoms with E-state index in [1.807, 2.05) is 6.92 Å². The predicted octanol–water partition coefficient (Wildman–Crippen LogP) is 0.971. The minimum absolute atomic E-state index is 0.103. The molecular formula is C14H23N5O. The Morgan fingerprint density at radius 3 is 2.90 bits per heavy atom. The van der Waals surface area contributed by atoms with E-state index in [1.165, 1.54) is 25.5 Å². The van der Waals surface area contributed by atoms with Crippen molar-refractivity contribution in [1.29, 1.82) is 0 Å². The molecule has 0 radical (unpaired) electrons. The molecule has 0 bridgehead atoms. The number of amides is 1. The van der Waals surface area contributed by atoms with E-state index in [0.29, 0.717) is 11.3 Å². The normalized spacial score (nSPS) is 17.5. The van der Waals surface area contributed by atoms with Crippen molar-refractivity contribution in [3.8, 4) is 0 Å². The highest BCUT2D eigenvalue weighted by Crippen LogP contribution is 2.12. The van der Waals surface area contributed by atoms with Crippen LogP contribution in [-0.2, 0) is 0 Å². The van der Waals surface area contributed by atoms with E-state index in [1.54, 1.807) is 12.3 Å². The molecule has 1 fully saturated rings. The predicted molar refractivity (Wildman–Crippen MR) is 79.3 cm³/mol. The number of nitrogens with zero attached hydrogens (tertiary/aromatic N) is 2. The van der Waals surface area contributed by atoms with Gasteiger partial charge in [0, 0.05) is 25.0 Å². The summed E-state index contributed by atoms with van der Waals surface area (Å²) >= 11 is 0. The van der Waals surface area contributed by atoms with E-state index in [-0.39, 0.29) is 11.9 Å². The SMILES string of the molecule is CC(CN1CCCCC1)NC(=O)c1cnccc1NN. The van der Waals surface area contributed by atoms with Gasteiger partial charge in [0.2, 0.25) is 0 Å². The van der Waals surface area contributed by atoms with Crippen molar-refractivity contribution in [3.05, 3.63) is 24.0 Å². The van der Waals surface area contributed by atoms with Gasteiger partial charge in [-0.3, -0.25) is 15.6 Å². The lowest BCUT2D eigenvalue weighted by Crippen LogP contribution is -2.43. The third kappa shape index (κ3) is 3.91. The molecular weight excluding hydrogens is 254 g/mol. The van der Waals surface area contributed by atoms with Gasteiger partial charge < -0.3 is 15.6 Å². The van der Waals surface area contributed by atoms with Gasteiger partial charge in [0.05, 0.1) is 11.3 Å². The van der Waals surface area contributed by atoms with Gasteiger partial charge in [-0.15, -0.1) is 0 Å². The van der Waals surface area contributed by atoms with Crippen LogP contribution in [-0.4, -0.2) is 41.5 Å². The Morgan fingerprint density at radius 1 is 1.45 bits per heavy atom. The second kappa shape index (κ2) is 7.21. The summed E-state index contributed by atoms with van der Waals surface area (Å²) in [4.78, 5) is 18.6. The van der Waals surface area contributed by atoms with Crippen LogP contribution < -0.4 is 16.6 Å². The number of carbonyl (C=O) groups is 1. The number of nitrogen functional groups attached to an aromatic ring is 1. The van der Waals surface area contributed by atoms with Crippen molar-refractivity contribution in [3.63, 3.8) is 0 Å². The summed E-state index contributed by atoms with van der Waals surface area (Å²) in [6, 6.07) is 1.79. The molecule has 20 heavy (non-hydrogen) atoms. The molecule has 1 saturated heterocycles. The number of likely N-dealkylation sites (tertiary alicyclic amines) is 1. The monoisotopic (exact) mass is 277 g/mol. The molecule has 1 aliphatic rings. The molecule has 1 amide bonds. The van der Waals surface area contributed by atoms with Gasteiger partial charge in [-0.2, -0.15) is 0 Å². The van der Waals surface area contributed by atoms with Crippen LogP contribution in [0.5, 0.6) is 0 Å². The minimum Gasteiger partial charge on any atom is -0.348 e. The first-order chi connectivity index (χ1) is 9.70. The molecule has 1 aliphatic heterocycles. The Labute approximate surface area is 119 Å². The number of hydrogen-bond acceptors (Lipinski definition) is 5. The van der Waals surface area contributed by atoms with E-state index < -0.39 is 0 Å². The highest BCUT2D eigenvalue weighted by atomic mass is 16.1. The highest BCUT2D eigenvalue weighted by molar-refractivity contribution is 5.99. The van der Waals surface area contributed by atoms with Crippen LogP contribution >= 0.6 is 0 Å². The Bertz CT molecular complexity index is 445. The molecule has 0 saturated carbocycles. The number of aromatic nitrogens is 1. The van der Waals surface area contributed by atoms with Crippen LogP contribution in [0.2, 0.25) is 0 Å². The van der Waals surface area contributed by atoms with Crippen LogP contribution in [0.15, 0.2) is 18.5 Å². The van der Waals surface area contributed by atoms with Crippen molar-refractivity contribution in [2.45, 2.75) is 32.2 Å². The maximum Gasteiger partial charge on any atom is 0.255 e. The summed E-state index contributed by atoms with van der Waals surface area (Å²) in [5.41, 5.74) is 3.58. The first-order valence-corrected chi connectivity index (χ1v) is 7.14. The molecule has 1 aromatic rings. The van der Waals surface area contributed by atoms with Crippen LogP contribution in [0, 0.1) is 0 Å². The summed E-state index contributed by atoms with van der Waals surface area (Å²) < 4.78 is 0. The van der Waals surface area contributed by atoms with Gasteiger partial charge in [-0.05, 0) is 38.9 Å². The fourth-order valence-corrected chi connectivity index (χ4v) is 2.58. The van der Waals surface area contributed by atoms with Gasteiger partial charge >= 0.3 is 0 Å². The zero-order chi connectivity index (χ0) is 14.4. The van der Waals surface area contributed by atoms with Crippen LogP contribution in [0.3, 0.4) is 0 Å². The Hall–Kier alpha value is -1.66. The molecule has 2 rings (SSSR count). The molecule has 2 heterocycles. The first kappa shape index (κ1) is 14.7. The number of hydrazine groups is 1. The number of pyridine rings is 1. The number of carbonyl (C=O) groups excluding carboxylic acids is 1. The highest BCUT2D eigenvalue weighted by Gasteiger charge is 2.17. The van der Waals surface area contributed by atoms with E-state index in [9.17, 15) is 4.79 Å². The van der Waals surface area contributed by atoms with Crippen molar-refractivity contribution < 1.29 is 4.79 Å². The fraction of sp³-hybridized carbons (Fsp3) is 0.571. The molecule has 4 N–H and O–H groups in total. The Balaban J connectivity index is 1.89. The fourth-order valence-electron chi connectivity index (χ4n) is 2.58. The average molecular weight is 277 g/mol. The number of rotatable bonds is 5. The van der Waals surface area contributed by atoms with Crippen LogP contribution in [0.4, 0.5) is 5.69 Å². The van der Waals surface area contributed by atoms with E-state index >= 15 is 0 Å². The van der Waals surface area contributed by atoms with Gasteiger partial charge in [0.15, 0.2) is 0 Å². The largest absolute Gasteiger partial charge is 0.348 e. The molecule has 1 aromatic heterocycles. The summed E-state index contributed by atoms with van der Waals surface area (Å²) in [5.74, 6) is 5.26. The molecule has 0 aromatic carbocycles. The van der Waals surface area contributed by atoms with Gasteiger partial charge in [0.25, 0.3) is 5.91 Å². The van der Waals surface area contributed by atoms with Gasteiger partial charge in [0.1, 0.15) is 0 Å². The smallest absolute Gasteiger partial charge is 0.255 e. The summed E-state index contributed by atoms with van der Waals surface area (Å²) in [6.07, 6.45) is 6.95. The molecule has 6 nitrogen and oxygen atoms in total. The second-order valence-corrected chi connectivity index (χ2v) is 5.30. The maximum atomic E-state index is 12.2. The molecule has 6 heteroatoms. The van der Waals surface area contributed by atoms with Crippen molar-refractivity contribution >= 4 is 11.6 Å². The molecule has 1 atom stereocenters. The molecule has 1 unspecified atom stereocenters. The zero-order valence-electron chi connectivity index (χ0n) is 11.9. The quantitative estimate of drug-likeness (QED) is 0.552. The lowest BCUT2D eigenvalue weighted by atomic mass is 10.1. The maximum absolute atomic E-state index is 12.2. The number of anilines is 1. The van der Waals surface area contributed by atoms with E-state index in [4.69, 9.17) is 5.84 Å². The second-order valence-electron chi connectivity index (χ2n) is 5.30. The van der Waals surface area contributed by atoms with Crippen molar-refractivity contribution in [2.24, 2.45) is 5.84 Å². The lowest BCUT2D eigenvalue weighted by molar-refractivity contribution is 0.0926. The molecule has 0 spiro atoms. The Morgan fingerprint density at radius 2 is 2.20 bits per heavy atom. The zero-order valence-corrected chi connectivity index (χ0v) is 11.9. The van der Waals surface area contributed by atoms with Gasteiger partial charge in [-0.1, -0.05) is 6.42 Å². The number of nitrogens with one attached hydrogen (secondary N) is 2. The van der Waals surface area contributed by atoms with E-state index in [0.717, 1.165) is 19.6 Å². The topological polar surface area (TPSA) is 83.3 Å². The van der Waals surface area contributed by atoms with Gasteiger partial charge in [-0.25, -0.2) is 0 Å². The van der Waals surface area contributed by atoms with Crippen LogP contribution in [0.25, 0.3) is 0 Å². The van der Waals surface area contributed by atoms with E-state index in [2.05, 4.69) is 20.6 Å². The summed E-state index contributed by atoms with van der Waals surface area (Å²) in [7, 11) is 0. The first-order valence-electron chi connectivity index (χ1n) is 7.14. The number of hydrogen-bond donors (Lipinski definition) is 3. The van der Waals surface area contributed by atoms with Crippen molar-refractivity contribution in [2.75, 3.05) is 25.1 Å². The standard InChI is InChI=1S/C14H23N5O/c1-11(10-19-7-3-2-4-8-19)17-14(20)12-9-16-6-5-13(12)18-15/h5-6,9,11H,2-4,7-8,10,15H2,1H3,(H,16,18)(H,17,20). The summed E-state index contributed by atoms with van der Waals surface area (Å²) in [5, 5.41) is 3.00. The Kier molecular flexibility index (Phi) is 5.31. The van der Waals surface area contributed by atoms with Crippen molar-refractivity contribution in [1.82, 2.24) is 15.2 Å². The molecule has 110 valence electrons. The average Bonchev–Trinajstić information content (AvgIpc) is 2.48. The minimum atomic E-state index is -0.143. The third-order valence-corrected chi connectivity index (χ3v) is 3.58. The number of nitrogens with two attached hydrogens (primary N) is 1. The third-order valence-electron chi connectivity index (χ3n) is 3.58. The number of piperidine rings is 1. The molecule has 0 aliphatic carbocycles.